The number of hydrogen-bond acceptors (Lipinski definition) is 3. The van der Waals surface area contributed by atoms with Gasteiger partial charge in [0.25, 0.3) is 0 Å². The average molecular weight is 243 g/mol. The molecular weight excluding hydrogens is 225 g/mol. The number of esters is 1. The Labute approximate surface area is 97.5 Å². The highest BCUT2D eigenvalue weighted by Crippen LogP contribution is 2.51. The van der Waals surface area contributed by atoms with E-state index in [1.807, 2.05) is 27.4 Å². The molecule has 0 N–H and O–H groups in total. The predicted molar refractivity (Wildman–Crippen MR) is 62.4 cm³/mol. The molecule has 2 unspecified atom stereocenters. The van der Waals surface area contributed by atoms with Gasteiger partial charge in [0.05, 0.1) is 0 Å². The Bertz CT molecular complexity index is 350. The van der Waals surface area contributed by atoms with Crippen molar-refractivity contribution in [2.45, 2.75) is 45.1 Å². The van der Waals surface area contributed by atoms with E-state index in [1.165, 1.54) is 0 Å². The fourth-order valence-electron chi connectivity index (χ4n) is 2.44. The molecule has 0 spiro atoms. The van der Waals surface area contributed by atoms with Crippen molar-refractivity contribution < 1.29 is 14.3 Å². The van der Waals surface area contributed by atoms with Crippen molar-refractivity contribution in [1.82, 2.24) is 4.90 Å². The van der Waals surface area contributed by atoms with Gasteiger partial charge in [-0.05, 0) is 13.1 Å². The SMILES string of the molecule is CP[C@@]12CCC(=O)N1C(C(C)(C)C)OC2=O. The quantitative estimate of drug-likeness (QED) is 0.518. The maximum absolute atomic E-state index is 12.0. The Hall–Kier alpha value is -0.630. The molecule has 16 heavy (non-hydrogen) atoms. The highest BCUT2D eigenvalue weighted by molar-refractivity contribution is 7.40. The van der Waals surface area contributed by atoms with Crippen LogP contribution in [-0.4, -0.2) is 34.9 Å². The minimum Gasteiger partial charge on any atom is -0.439 e. The molecule has 3 atom stereocenters. The third-order valence-corrected chi connectivity index (χ3v) is 4.85. The zero-order valence-corrected chi connectivity index (χ0v) is 11.2. The van der Waals surface area contributed by atoms with Gasteiger partial charge >= 0.3 is 5.97 Å². The Balaban J connectivity index is 2.42. The molecule has 0 aromatic heterocycles. The maximum atomic E-state index is 12.0. The monoisotopic (exact) mass is 243 g/mol. The predicted octanol–water partition coefficient (Wildman–Crippen LogP) is 1.54. The second-order valence-electron chi connectivity index (χ2n) is 5.50. The fourth-order valence-corrected chi connectivity index (χ4v) is 3.56. The lowest BCUT2D eigenvalue weighted by Crippen LogP contribution is -2.48. The number of cyclic esters (lactones) is 1. The number of amides is 1. The third kappa shape index (κ3) is 1.39. The van der Waals surface area contributed by atoms with E-state index in [-0.39, 0.29) is 17.3 Å². The van der Waals surface area contributed by atoms with Crippen molar-refractivity contribution in [3.05, 3.63) is 0 Å². The standard InChI is InChI=1S/C11H18NO3P/c1-10(2,3)8-12-7(13)5-6-11(12,16-4)9(14)15-8/h8,16H,5-6H2,1-4H3/t8?,11-/m1/s1. The number of rotatable bonds is 1. The Morgan fingerprint density at radius 2 is 2.06 bits per heavy atom. The van der Waals surface area contributed by atoms with Crippen LogP contribution in [0.5, 0.6) is 0 Å². The van der Waals surface area contributed by atoms with Gasteiger partial charge in [-0.25, -0.2) is 4.79 Å². The zero-order chi connectivity index (χ0) is 12.1. The Morgan fingerprint density at radius 1 is 1.44 bits per heavy atom. The highest BCUT2D eigenvalue weighted by atomic mass is 31.1. The van der Waals surface area contributed by atoms with E-state index >= 15 is 0 Å². The van der Waals surface area contributed by atoms with E-state index in [4.69, 9.17) is 4.74 Å². The molecule has 2 aliphatic heterocycles. The first kappa shape index (κ1) is 11.8. The third-order valence-electron chi connectivity index (χ3n) is 3.33. The summed E-state index contributed by atoms with van der Waals surface area (Å²) in [5, 5.41) is -0.644. The molecule has 2 fully saturated rings. The molecule has 2 heterocycles. The van der Waals surface area contributed by atoms with Gasteiger partial charge in [-0.15, -0.1) is 0 Å². The number of carbonyl (C=O) groups excluding carboxylic acids is 2. The van der Waals surface area contributed by atoms with Crippen molar-refractivity contribution in [3.8, 4) is 0 Å². The smallest absolute Gasteiger partial charge is 0.338 e. The number of nitrogens with zero attached hydrogens (tertiary/aromatic N) is 1. The first-order valence-corrected chi connectivity index (χ1v) is 7.05. The van der Waals surface area contributed by atoms with Gasteiger partial charge in [-0.1, -0.05) is 29.4 Å². The van der Waals surface area contributed by atoms with E-state index in [1.54, 1.807) is 4.90 Å². The highest BCUT2D eigenvalue weighted by Gasteiger charge is 2.62. The van der Waals surface area contributed by atoms with Crippen LogP contribution in [-0.2, 0) is 14.3 Å². The van der Waals surface area contributed by atoms with Crippen LogP contribution < -0.4 is 0 Å². The molecule has 5 heteroatoms. The van der Waals surface area contributed by atoms with E-state index in [9.17, 15) is 9.59 Å². The van der Waals surface area contributed by atoms with Crippen LogP contribution in [0.3, 0.4) is 0 Å². The van der Waals surface area contributed by atoms with Crippen molar-refractivity contribution in [1.29, 1.82) is 0 Å². The molecule has 90 valence electrons. The summed E-state index contributed by atoms with van der Waals surface area (Å²) in [6.07, 6.45) is 0.691. The molecule has 0 aromatic carbocycles. The summed E-state index contributed by atoms with van der Waals surface area (Å²) >= 11 is 0. The number of hydrogen-bond donors (Lipinski definition) is 0. The molecule has 2 rings (SSSR count). The van der Waals surface area contributed by atoms with Crippen molar-refractivity contribution in [2.75, 3.05) is 6.66 Å². The van der Waals surface area contributed by atoms with Gasteiger partial charge in [0, 0.05) is 11.8 Å². The van der Waals surface area contributed by atoms with Crippen molar-refractivity contribution in [2.24, 2.45) is 5.41 Å². The van der Waals surface area contributed by atoms with Gasteiger partial charge in [0.15, 0.2) is 11.5 Å². The number of fused-ring (bicyclic) bond motifs is 1. The Morgan fingerprint density at radius 3 is 2.56 bits per heavy atom. The van der Waals surface area contributed by atoms with Gasteiger partial charge in [-0.2, -0.15) is 0 Å². The van der Waals surface area contributed by atoms with Crippen LogP contribution >= 0.6 is 8.58 Å². The number of ether oxygens (including phenoxy) is 1. The average Bonchev–Trinajstić information content (AvgIpc) is 2.65. The molecule has 4 nitrogen and oxygen atoms in total. The second-order valence-corrected chi connectivity index (χ2v) is 6.82. The summed E-state index contributed by atoms with van der Waals surface area (Å²) < 4.78 is 5.43. The molecule has 0 aliphatic carbocycles. The van der Waals surface area contributed by atoms with Gasteiger partial charge in [0.1, 0.15) is 0 Å². The molecule has 2 saturated heterocycles. The summed E-state index contributed by atoms with van der Waals surface area (Å²) in [5.74, 6) is -0.153. The summed E-state index contributed by atoms with van der Waals surface area (Å²) in [6, 6.07) is 0. The topological polar surface area (TPSA) is 46.6 Å². The largest absolute Gasteiger partial charge is 0.439 e. The van der Waals surface area contributed by atoms with E-state index in [2.05, 4.69) is 0 Å². The summed E-state index contributed by atoms with van der Waals surface area (Å²) in [7, 11) is 0.386. The van der Waals surface area contributed by atoms with Gasteiger partial charge < -0.3 is 4.74 Å². The van der Waals surface area contributed by atoms with E-state index < -0.39 is 11.5 Å². The fraction of sp³-hybridized carbons (Fsp3) is 0.818. The molecule has 0 radical (unpaired) electrons. The lowest BCUT2D eigenvalue weighted by atomic mass is 9.93. The lowest BCUT2D eigenvalue weighted by Gasteiger charge is -2.34. The zero-order valence-electron chi connectivity index (χ0n) is 10.2. The summed E-state index contributed by atoms with van der Waals surface area (Å²) in [4.78, 5) is 25.6. The number of carbonyl (C=O) groups is 2. The molecule has 2 aliphatic rings. The van der Waals surface area contributed by atoms with Crippen molar-refractivity contribution in [3.63, 3.8) is 0 Å². The van der Waals surface area contributed by atoms with E-state index in [0.29, 0.717) is 21.4 Å². The van der Waals surface area contributed by atoms with Crippen LogP contribution in [0.15, 0.2) is 0 Å². The summed E-state index contributed by atoms with van der Waals surface area (Å²) in [5.41, 5.74) is -0.225. The molecule has 0 saturated carbocycles. The minimum absolute atomic E-state index is 0.0557. The van der Waals surface area contributed by atoms with E-state index in [0.717, 1.165) is 0 Å². The maximum Gasteiger partial charge on any atom is 0.338 e. The van der Waals surface area contributed by atoms with Gasteiger partial charge in [-0.3, -0.25) is 9.69 Å². The molecule has 1 amide bonds. The first-order chi connectivity index (χ1) is 7.33. The summed E-state index contributed by atoms with van der Waals surface area (Å²) in [6.45, 7) is 7.94. The Kier molecular flexibility index (Phi) is 2.54. The first-order valence-electron chi connectivity index (χ1n) is 5.55. The lowest BCUT2D eigenvalue weighted by molar-refractivity contribution is -0.151. The van der Waals surface area contributed by atoms with Crippen LogP contribution in [0.4, 0.5) is 0 Å². The van der Waals surface area contributed by atoms with Crippen LogP contribution in [0.1, 0.15) is 33.6 Å². The molecule has 0 bridgehead atoms. The van der Waals surface area contributed by atoms with Crippen LogP contribution in [0.2, 0.25) is 0 Å². The minimum atomic E-state index is -0.644. The van der Waals surface area contributed by atoms with Crippen molar-refractivity contribution >= 4 is 20.5 Å². The van der Waals surface area contributed by atoms with Crippen LogP contribution in [0.25, 0.3) is 0 Å². The van der Waals surface area contributed by atoms with Gasteiger partial charge in [0.2, 0.25) is 5.91 Å². The second kappa shape index (κ2) is 3.43. The molecular formula is C11H18NO3P. The molecule has 0 aromatic rings. The van der Waals surface area contributed by atoms with Crippen LogP contribution in [0, 0.1) is 5.41 Å². The normalized spacial score (nSPS) is 35.0.